The van der Waals surface area contributed by atoms with Gasteiger partial charge in [0.2, 0.25) is 0 Å². The van der Waals surface area contributed by atoms with Gasteiger partial charge in [-0.1, -0.05) is 4.47 Å². The highest BCUT2D eigenvalue weighted by atomic mass is 32.2. The average molecular weight is 281 g/mol. The first kappa shape index (κ1) is 13.3. The van der Waals surface area contributed by atoms with Gasteiger partial charge < -0.3 is 0 Å². The second-order valence-electron chi connectivity index (χ2n) is 3.75. The van der Waals surface area contributed by atoms with Crippen LogP contribution in [0, 0.1) is 17.5 Å². The molecule has 0 bridgehead atoms. The predicted molar refractivity (Wildman–Crippen MR) is 55.4 cm³/mol. The molecule has 1 aliphatic heterocycles. The minimum absolute atomic E-state index is 0.0563. The Kier molecular flexibility index (Phi) is 3.60. The first-order valence-electron chi connectivity index (χ1n) is 5.24. The van der Waals surface area contributed by atoms with Crippen molar-refractivity contribution in [1.82, 2.24) is 4.47 Å². The van der Waals surface area contributed by atoms with Crippen LogP contribution in [0.1, 0.15) is 12.8 Å². The summed E-state index contributed by atoms with van der Waals surface area (Å²) in [6.07, 6.45) is 1.25. The van der Waals surface area contributed by atoms with Crippen LogP contribution < -0.4 is 0 Å². The van der Waals surface area contributed by atoms with Gasteiger partial charge in [0.25, 0.3) is 10.0 Å². The molecule has 0 aliphatic carbocycles. The predicted octanol–water partition coefficient (Wildman–Crippen LogP) is 1.82. The van der Waals surface area contributed by atoms with Gasteiger partial charge in [-0.3, -0.25) is 4.84 Å². The van der Waals surface area contributed by atoms with Crippen LogP contribution in [0.5, 0.6) is 0 Å². The van der Waals surface area contributed by atoms with E-state index in [0.717, 1.165) is 0 Å². The molecule has 0 aromatic heterocycles. The Hall–Kier alpha value is -1.12. The summed E-state index contributed by atoms with van der Waals surface area (Å²) in [7, 11) is -4.30. The van der Waals surface area contributed by atoms with Crippen molar-refractivity contribution < 1.29 is 26.4 Å². The van der Waals surface area contributed by atoms with Crippen molar-refractivity contribution in [2.45, 2.75) is 17.7 Å². The third-order valence-corrected chi connectivity index (χ3v) is 4.21. The smallest absolute Gasteiger partial charge is 0.268 e. The molecule has 0 spiro atoms. The number of hydrogen-bond donors (Lipinski definition) is 0. The summed E-state index contributed by atoms with van der Waals surface area (Å²) < 4.78 is 63.7. The standard InChI is InChI=1S/C10H10F3NO3S/c11-7-3-4-8(10(13)9(7)12)18(15,16)14-5-1-2-6-17-14/h3-4H,1-2,5-6H2. The Balaban J connectivity index is 2.44. The molecule has 2 rings (SSSR count). The SMILES string of the molecule is O=S(=O)(c1ccc(F)c(F)c1F)N1CCCCO1. The molecule has 0 saturated carbocycles. The summed E-state index contributed by atoms with van der Waals surface area (Å²) in [5.41, 5.74) is 0. The second kappa shape index (κ2) is 4.87. The summed E-state index contributed by atoms with van der Waals surface area (Å²) in [4.78, 5) is 3.96. The van der Waals surface area contributed by atoms with E-state index in [4.69, 9.17) is 4.84 Å². The Bertz CT molecular complexity index is 556. The third-order valence-electron chi connectivity index (χ3n) is 2.52. The van der Waals surface area contributed by atoms with Crippen molar-refractivity contribution in [3.63, 3.8) is 0 Å². The Morgan fingerprint density at radius 1 is 1.11 bits per heavy atom. The van der Waals surface area contributed by atoms with Crippen LogP contribution in [0.25, 0.3) is 0 Å². The molecule has 1 fully saturated rings. The molecule has 1 aromatic rings. The van der Waals surface area contributed by atoms with Gasteiger partial charge in [-0.15, -0.1) is 0 Å². The molecule has 0 unspecified atom stereocenters. The van der Waals surface area contributed by atoms with Crippen molar-refractivity contribution in [1.29, 1.82) is 0 Å². The zero-order valence-electron chi connectivity index (χ0n) is 9.20. The molecule has 4 nitrogen and oxygen atoms in total. The molecular formula is C10H10F3NO3S. The molecule has 0 radical (unpaired) electrons. The lowest BCUT2D eigenvalue weighted by atomic mass is 10.3. The molecule has 1 heterocycles. The molecule has 1 saturated heterocycles. The Morgan fingerprint density at radius 3 is 2.44 bits per heavy atom. The van der Waals surface area contributed by atoms with Gasteiger partial charge in [0, 0.05) is 6.54 Å². The van der Waals surface area contributed by atoms with Gasteiger partial charge in [0.15, 0.2) is 17.5 Å². The van der Waals surface area contributed by atoms with Gasteiger partial charge in [0.05, 0.1) is 6.61 Å². The number of nitrogens with zero attached hydrogens (tertiary/aromatic N) is 1. The minimum atomic E-state index is -4.30. The average Bonchev–Trinajstić information content (AvgIpc) is 2.37. The molecule has 1 aromatic carbocycles. The zero-order valence-corrected chi connectivity index (χ0v) is 10.0. The molecule has 18 heavy (non-hydrogen) atoms. The fourth-order valence-electron chi connectivity index (χ4n) is 1.58. The number of hydrogen-bond acceptors (Lipinski definition) is 3. The highest BCUT2D eigenvalue weighted by molar-refractivity contribution is 7.89. The van der Waals surface area contributed by atoms with Crippen LogP contribution in [0.15, 0.2) is 17.0 Å². The van der Waals surface area contributed by atoms with Crippen LogP contribution in [-0.4, -0.2) is 26.0 Å². The molecular weight excluding hydrogens is 271 g/mol. The monoisotopic (exact) mass is 281 g/mol. The number of halogens is 3. The van der Waals surface area contributed by atoms with Gasteiger partial charge in [-0.05, 0) is 25.0 Å². The third kappa shape index (κ3) is 2.23. The van der Waals surface area contributed by atoms with E-state index in [9.17, 15) is 21.6 Å². The van der Waals surface area contributed by atoms with Crippen LogP contribution in [0.4, 0.5) is 13.2 Å². The van der Waals surface area contributed by atoms with Crippen LogP contribution in [0.2, 0.25) is 0 Å². The van der Waals surface area contributed by atoms with Crippen LogP contribution in [-0.2, 0) is 14.9 Å². The molecule has 0 N–H and O–H groups in total. The second-order valence-corrected chi connectivity index (χ2v) is 5.54. The Morgan fingerprint density at radius 2 is 1.83 bits per heavy atom. The maximum Gasteiger partial charge on any atom is 0.268 e. The normalized spacial score (nSPS) is 17.9. The molecule has 1 aliphatic rings. The van der Waals surface area contributed by atoms with Crippen molar-refractivity contribution in [2.24, 2.45) is 0 Å². The van der Waals surface area contributed by atoms with Gasteiger partial charge >= 0.3 is 0 Å². The first-order chi connectivity index (χ1) is 8.44. The number of rotatable bonds is 2. The van der Waals surface area contributed by atoms with E-state index < -0.39 is 32.4 Å². The van der Waals surface area contributed by atoms with E-state index in [2.05, 4.69) is 0 Å². The van der Waals surface area contributed by atoms with E-state index in [-0.39, 0.29) is 13.2 Å². The van der Waals surface area contributed by atoms with Crippen molar-refractivity contribution in [3.05, 3.63) is 29.6 Å². The molecule has 0 atom stereocenters. The number of benzene rings is 1. The lowest BCUT2D eigenvalue weighted by molar-refractivity contribution is -0.109. The van der Waals surface area contributed by atoms with E-state index in [1.807, 2.05) is 0 Å². The summed E-state index contributed by atoms with van der Waals surface area (Å²) in [6.45, 7) is 0.241. The van der Waals surface area contributed by atoms with Gasteiger partial charge in [-0.2, -0.15) is 0 Å². The fourth-order valence-corrected chi connectivity index (χ4v) is 2.94. The molecule has 100 valence electrons. The maximum absolute atomic E-state index is 13.4. The summed E-state index contributed by atoms with van der Waals surface area (Å²) in [6, 6.07) is 1.25. The summed E-state index contributed by atoms with van der Waals surface area (Å²) >= 11 is 0. The zero-order chi connectivity index (χ0) is 13.3. The van der Waals surface area contributed by atoms with Crippen molar-refractivity contribution >= 4 is 10.0 Å². The quantitative estimate of drug-likeness (QED) is 0.777. The lowest BCUT2D eigenvalue weighted by Crippen LogP contribution is -2.36. The van der Waals surface area contributed by atoms with E-state index in [0.29, 0.717) is 29.4 Å². The van der Waals surface area contributed by atoms with Crippen molar-refractivity contribution in [2.75, 3.05) is 13.2 Å². The van der Waals surface area contributed by atoms with Crippen LogP contribution >= 0.6 is 0 Å². The maximum atomic E-state index is 13.4. The highest BCUT2D eigenvalue weighted by Gasteiger charge is 2.32. The van der Waals surface area contributed by atoms with Crippen LogP contribution in [0.3, 0.4) is 0 Å². The Labute approximate surface area is 102 Å². The fraction of sp³-hybridized carbons (Fsp3) is 0.400. The highest BCUT2D eigenvalue weighted by Crippen LogP contribution is 2.24. The van der Waals surface area contributed by atoms with Gasteiger partial charge in [0.1, 0.15) is 4.90 Å². The summed E-state index contributed by atoms with van der Waals surface area (Å²) in [5.74, 6) is -4.98. The molecule has 0 amide bonds. The number of hydroxylamine groups is 1. The van der Waals surface area contributed by atoms with E-state index in [1.165, 1.54) is 0 Å². The van der Waals surface area contributed by atoms with E-state index in [1.54, 1.807) is 0 Å². The molecule has 8 heteroatoms. The minimum Gasteiger partial charge on any atom is -0.284 e. The van der Waals surface area contributed by atoms with Crippen molar-refractivity contribution in [3.8, 4) is 0 Å². The topological polar surface area (TPSA) is 46.6 Å². The lowest BCUT2D eigenvalue weighted by Gasteiger charge is -2.25. The summed E-state index contributed by atoms with van der Waals surface area (Å²) in [5, 5.41) is 0. The van der Waals surface area contributed by atoms with E-state index >= 15 is 0 Å². The first-order valence-corrected chi connectivity index (χ1v) is 6.68. The van der Waals surface area contributed by atoms with Gasteiger partial charge in [-0.25, -0.2) is 21.6 Å². The number of sulfonamides is 1. The largest absolute Gasteiger partial charge is 0.284 e.